The molecule has 1 rings (SSSR count). The van der Waals surface area contributed by atoms with E-state index >= 15 is 0 Å². The molecule has 3 unspecified atom stereocenters. The number of rotatable bonds is 6. The molecule has 0 aromatic carbocycles. The molecular weight excluding hydrogens is 236 g/mol. The number of hydrogen-bond acceptors (Lipinski definition) is 3. The van der Waals surface area contributed by atoms with Gasteiger partial charge in [-0.15, -0.1) is 0 Å². The quantitative estimate of drug-likeness (QED) is 0.710. The van der Waals surface area contributed by atoms with E-state index in [1.807, 2.05) is 0 Å². The van der Waals surface area contributed by atoms with Crippen LogP contribution >= 0.6 is 0 Å². The Morgan fingerprint density at radius 1 is 1.18 bits per heavy atom. The Bertz CT molecular complexity index is 316. The van der Waals surface area contributed by atoms with Gasteiger partial charge in [0.25, 0.3) is 0 Å². The van der Waals surface area contributed by atoms with Crippen molar-refractivity contribution in [3.63, 3.8) is 0 Å². The van der Waals surface area contributed by atoms with Crippen LogP contribution in [0.25, 0.3) is 0 Å². The zero-order valence-corrected chi connectivity index (χ0v) is 12.0. The van der Waals surface area contributed by atoms with Gasteiger partial charge in [-0.3, -0.25) is 0 Å². The van der Waals surface area contributed by atoms with E-state index in [2.05, 4.69) is 23.9 Å². The first-order valence-corrected chi connectivity index (χ1v) is 8.47. The van der Waals surface area contributed by atoms with E-state index in [0.29, 0.717) is 12.6 Å². The molecule has 1 saturated carbocycles. The average molecular weight is 262 g/mol. The van der Waals surface area contributed by atoms with Crippen LogP contribution in [-0.4, -0.2) is 33.8 Å². The van der Waals surface area contributed by atoms with Gasteiger partial charge >= 0.3 is 0 Å². The minimum Gasteiger partial charge on any atom is -0.314 e. The Balaban J connectivity index is 2.14. The lowest BCUT2D eigenvalue weighted by Crippen LogP contribution is -2.41. The minimum atomic E-state index is -3.03. The summed E-state index contributed by atoms with van der Waals surface area (Å²) in [6.45, 7) is 6.06. The van der Waals surface area contributed by atoms with Gasteiger partial charge in [0.05, 0.1) is 6.26 Å². The summed E-state index contributed by atoms with van der Waals surface area (Å²) in [6, 6.07) is 0.608. The lowest BCUT2D eigenvalue weighted by molar-refractivity contribution is 0.207. The molecule has 5 heteroatoms. The molecule has 0 spiro atoms. The van der Waals surface area contributed by atoms with Gasteiger partial charge in [0, 0.05) is 12.6 Å². The molecule has 4 nitrogen and oxygen atoms in total. The van der Waals surface area contributed by atoms with Crippen LogP contribution in [0, 0.1) is 11.8 Å². The number of nitrogens with one attached hydrogen (secondary N) is 2. The maximum absolute atomic E-state index is 10.9. The van der Waals surface area contributed by atoms with E-state index in [4.69, 9.17) is 0 Å². The molecule has 0 amide bonds. The Labute approximate surface area is 106 Å². The highest BCUT2D eigenvalue weighted by Gasteiger charge is 2.26. The van der Waals surface area contributed by atoms with Crippen LogP contribution in [0.15, 0.2) is 0 Å². The van der Waals surface area contributed by atoms with Crippen LogP contribution in [0.4, 0.5) is 0 Å². The highest BCUT2D eigenvalue weighted by Crippen LogP contribution is 2.29. The molecule has 17 heavy (non-hydrogen) atoms. The van der Waals surface area contributed by atoms with Crippen molar-refractivity contribution in [1.82, 2.24) is 10.0 Å². The predicted octanol–water partition coefficient (Wildman–Crippen LogP) is 1.34. The molecule has 0 saturated heterocycles. The van der Waals surface area contributed by atoms with E-state index < -0.39 is 10.0 Å². The second kappa shape index (κ2) is 6.71. The van der Waals surface area contributed by atoms with E-state index in [0.717, 1.165) is 24.8 Å². The number of hydrogen-bond donors (Lipinski definition) is 2. The first-order chi connectivity index (χ1) is 7.90. The van der Waals surface area contributed by atoms with E-state index in [1.54, 1.807) is 0 Å². The zero-order valence-electron chi connectivity index (χ0n) is 11.2. The Hall–Kier alpha value is -0.130. The highest BCUT2D eigenvalue weighted by molar-refractivity contribution is 7.88. The molecule has 2 N–H and O–H groups in total. The third-order valence-corrected chi connectivity index (χ3v) is 4.56. The summed E-state index contributed by atoms with van der Waals surface area (Å²) in [6.07, 6.45) is 5.96. The van der Waals surface area contributed by atoms with Crippen LogP contribution in [0.2, 0.25) is 0 Å². The van der Waals surface area contributed by atoms with Crippen molar-refractivity contribution < 1.29 is 8.42 Å². The summed E-state index contributed by atoms with van der Waals surface area (Å²) >= 11 is 0. The van der Waals surface area contributed by atoms with Crippen LogP contribution in [0.3, 0.4) is 0 Å². The molecule has 0 bridgehead atoms. The van der Waals surface area contributed by atoms with Crippen LogP contribution in [0.5, 0.6) is 0 Å². The van der Waals surface area contributed by atoms with Gasteiger partial charge in [0.15, 0.2) is 0 Å². The maximum atomic E-state index is 10.9. The minimum absolute atomic E-state index is 0.530. The fraction of sp³-hybridized carbons (Fsp3) is 1.00. The van der Waals surface area contributed by atoms with Gasteiger partial charge in [0.2, 0.25) is 10.0 Å². The van der Waals surface area contributed by atoms with Crippen molar-refractivity contribution in [2.45, 2.75) is 45.6 Å². The Kier molecular flexibility index (Phi) is 5.89. The summed E-state index contributed by atoms with van der Waals surface area (Å²) in [4.78, 5) is 0. The standard InChI is InChI=1S/C12H26N2O2S/c1-10-6-4-7-12(11(10)2)13-8-5-9-14-17(3,15)16/h10-14H,4-9H2,1-3H3. The fourth-order valence-corrected chi connectivity index (χ4v) is 3.02. The molecule has 0 aromatic rings. The second-order valence-corrected chi connectivity index (χ2v) is 7.18. The third kappa shape index (κ3) is 5.84. The molecule has 1 aliphatic carbocycles. The summed E-state index contributed by atoms with van der Waals surface area (Å²) < 4.78 is 24.2. The summed E-state index contributed by atoms with van der Waals surface area (Å²) in [5.74, 6) is 1.53. The molecule has 0 heterocycles. The second-order valence-electron chi connectivity index (χ2n) is 5.35. The SMILES string of the molecule is CC1CCCC(NCCCNS(C)(=O)=O)C1C. The van der Waals surface area contributed by atoms with Crippen LogP contribution < -0.4 is 10.0 Å². The topological polar surface area (TPSA) is 58.2 Å². The van der Waals surface area contributed by atoms with Gasteiger partial charge in [-0.2, -0.15) is 0 Å². The zero-order chi connectivity index (χ0) is 12.9. The summed E-state index contributed by atoms with van der Waals surface area (Å²) in [7, 11) is -3.03. The molecule has 1 fully saturated rings. The van der Waals surface area contributed by atoms with Crippen molar-refractivity contribution in [3.8, 4) is 0 Å². The molecule has 1 aliphatic rings. The molecule has 0 radical (unpaired) electrons. The largest absolute Gasteiger partial charge is 0.314 e. The summed E-state index contributed by atoms with van der Waals surface area (Å²) in [5, 5.41) is 3.55. The van der Waals surface area contributed by atoms with Gasteiger partial charge in [-0.1, -0.05) is 26.7 Å². The third-order valence-electron chi connectivity index (χ3n) is 3.83. The molecule has 0 aliphatic heterocycles. The van der Waals surface area contributed by atoms with E-state index in [1.165, 1.54) is 25.5 Å². The first kappa shape index (κ1) is 14.9. The lowest BCUT2D eigenvalue weighted by atomic mass is 9.78. The Morgan fingerprint density at radius 2 is 1.88 bits per heavy atom. The smallest absolute Gasteiger partial charge is 0.208 e. The molecule has 3 atom stereocenters. The maximum Gasteiger partial charge on any atom is 0.208 e. The van der Waals surface area contributed by atoms with Gasteiger partial charge < -0.3 is 5.32 Å². The Morgan fingerprint density at radius 3 is 2.53 bits per heavy atom. The van der Waals surface area contributed by atoms with Gasteiger partial charge in [0.1, 0.15) is 0 Å². The average Bonchev–Trinajstić information content (AvgIpc) is 2.22. The van der Waals surface area contributed by atoms with E-state index in [9.17, 15) is 8.42 Å². The van der Waals surface area contributed by atoms with Crippen molar-refractivity contribution in [3.05, 3.63) is 0 Å². The van der Waals surface area contributed by atoms with E-state index in [-0.39, 0.29) is 0 Å². The molecule has 0 aromatic heterocycles. The van der Waals surface area contributed by atoms with Crippen LogP contribution in [-0.2, 0) is 10.0 Å². The predicted molar refractivity (Wildman–Crippen MR) is 71.4 cm³/mol. The van der Waals surface area contributed by atoms with Crippen molar-refractivity contribution >= 4 is 10.0 Å². The van der Waals surface area contributed by atoms with Crippen LogP contribution in [0.1, 0.15) is 39.5 Å². The monoisotopic (exact) mass is 262 g/mol. The highest BCUT2D eigenvalue weighted by atomic mass is 32.2. The van der Waals surface area contributed by atoms with Gasteiger partial charge in [-0.05, 0) is 31.2 Å². The molecule has 102 valence electrons. The van der Waals surface area contributed by atoms with Gasteiger partial charge in [-0.25, -0.2) is 13.1 Å². The van der Waals surface area contributed by atoms with Crippen molar-refractivity contribution in [2.75, 3.05) is 19.3 Å². The van der Waals surface area contributed by atoms with Crippen molar-refractivity contribution in [1.29, 1.82) is 0 Å². The number of sulfonamides is 1. The van der Waals surface area contributed by atoms with Crippen molar-refractivity contribution in [2.24, 2.45) is 11.8 Å². The lowest BCUT2D eigenvalue weighted by Gasteiger charge is -2.34. The summed E-state index contributed by atoms with van der Waals surface area (Å²) in [5.41, 5.74) is 0. The fourth-order valence-electron chi connectivity index (χ4n) is 2.50. The molecular formula is C12H26N2O2S. The normalized spacial score (nSPS) is 30.4. The first-order valence-electron chi connectivity index (χ1n) is 6.58.